The summed E-state index contributed by atoms with van der Waals surface area (Å²) in [5, 5.41) is 38.6. The molecule has 0 aliphatic carbocycles. The number of allylic oxidation sites excluding steroid dienone is 9. The number of phosphoric ester groups is 1. The van der Waals surface area contributed by atoms with E-state index in [0.717, 1.165) is 64.2 Å². The van der Waals surface area contributed by atoms with E-state index < -0.39 is 70.6 Å². The molecule has 5 N–H and O–H groups in total. The molecule has 340 valence electrons. The SMILES string of the molecule is CCCCC/C=C\C/C=C\CCCCCCCCCC(=O)O[C@H](COC(=O)CCC[C@H](O)\C=C/C=C/C=C/[C@H](O)C/C=C\CCCCC)COP(=O)(O)OC[C@@H](O)CO. The molecule has 0 saturated heterocycles. The van der Waals surface area contributed by atoms with Gasteiger partial charge in [-0.1, -0.05) is 145 Å². The number of carbonyl (C=O) groups is 2. The van der Waals surface area contributed by atoms with Crippen LogP contribution in [-0.4, -0.2) is 88.1 Å². The standard InChI is InChI=1S/C46H79O12P/c1-3-5-7-9-11-12-13-14-15-16-17-18-19-20-21-23-29-35-46(52)58-44(40-57-59(53,54)56-38-43(50)37-47)39-55-45(51)36-30-34-42(49)33-28-25-24-27-32-41(48)31-26-22-10-8-6-4-2/h11-12,14-15,22,24-28,32-33,41-44,47-50H,3-10,13,16-21,23,29-31,34-40H2,1-2H3,(H,53,54)/b12-11-,15-14-,25-24+,26-22-,32-27+,33-28-/t41-,42-,43+,44-/m1/s1. The van der Waals surface area contributed by atoms with Gasteiger partial charge in [0.05, 0.1) is 32.0 Å². The number of esters is 2. The highest BCUT2D eigenvalue weighted by Gasteiger charge is 2.27. The van der Waals surface area contributed by atoms with E-state index in [1.54, 1.807) is 36.5 Å². The Morgan fingerprint density at radius 1 is 0.593 bits per heavy atom. The molecule has 0 fully saturated rings. The first-order valence-corrected chi connectivity index (χ1v) is 23.6. The van der Waals surface area contributed by atoms with E-state index in [4.69, 9.17) is 19.1 Å². The Kier molecular flexibility index (Phi) is 38.9. The molecule has 0 aliphatic heterocycles. The number of hydrogen-bond donors (Lipinski definition) is 5. The van der Waals surface area contributed by atoms with Crippen molar-refractivity contribution in [1.29, 1.82) is 0 Å². The number of rotatable bonds is 40. The molecule has 0 aliphatic rings. The van der Waals surface area contributed by atoms with Gasteiger partial charge in [0.2, 0.25) is 0 Å². The van der Waals surface area contributed by atoms with Crippen molar-refractivity contribution in [2.45, 2.75) is 180 Å². The number of hydrogen-bond acceptors (Lipinski definition) is 11. The summed E-state index contributed by atoms with van der Waals surface area (Å²) in [5.41, 5.74) is 0. The Labute approximate surface area is 355 Å². The summed E-state index contributed by atoms with van der Waals surface area (Å²) in [4.78, 5) is 35.0. The first-order valence-electron chi connectivity index (χ1n) is 22.1. The first-order chi connectivity index (χ1) is 28.5. The zero-order valence-corrected chi connectivity index (χ0v) is 37.1. The lowest BCUT2D eigenvalue weighted by molar-refractivity contribution is -0.161. The molecule has 0 aromatic heterocycles. The molecular weight excluding hydrogens is 775 g/mol. The van der Waals surface area contributed by atoms with Crippen molar-refractivity contribution in [3.8, 4) is 0 Å². The Morgan fingerprint density at radius 3 is 1.73 bits per heavy atom. The Bertz CT molecular complexity index is 1240. The Hall–Kier alpha value is -2.67. The summed E-state index contributed by atoms with van der Waals surface area (Å²) < 4.78 is 32.5. The molecule has 1 unspecified atom stereocenters. The average Bonchev–Trinajstić information content (AvgIpc) is 3.21. The molecule has 0 aromatic rings. The Morgan fingerprint density at radius 2 is 1.12 bits per heavy atom. The molecule has 0 rings (SSSR count). The van der Waals surface area contributed by atoms with E-state index in [-0.39, 0.29) is 12.8 Å². The Balaban J connectivity index is 4.56. The van der Waals surface area contributed by atoms with Crippen molar-refractivity contribution in [3.05, 3.63) is 72.9 Å². The molecule has 0 bridgehead atoms. The molecule has 59 heavy (non-hydrogen) atoms. The second kappa shape index (κ2) is 40.7. The minimum atomic E-state index is -4.68. The largest absolute Gasteiger partial charge is 0.472 e. The molecule has 5 atom stereocenters. The normalized spacial score (nSPS) is 15.6. The molecule has 0 heterocycles. The fourth-order valence-electron chi connectivity index (χ4n) is 5.51. The van der Waals surface area contributed by atoms with E-state index in [0.29, 0.717) is 25.7 Å². The summed E-state index contributed by atoms with van der Waals surface area (Å²) in [6, 6.07) is 0. The van der Waals surface area contributed by atoms with Gasteiger partial charge in [0.15, 0.2) is 6.10 Å². The zero-order valence-electron chi connectivity index (χ0n) is 36.2. The quantitative estimate of drug-likeness (QED) is 0.0129. The van der Waals surface area contributed by atoms with Gasteiger partial charge in [0.25, 0.3) is 0 Å². The van der Waals surface area contributed by atoms with Crippen molar-refractivity contribution in [3.63, 3.8) is 0 Å². The molecular formula is C46H79O12P. The van der Waals surface area contributed by atoms with Gasteiger partial charge in [-0.15, -0.1) is 0 Å². The summed E-state index contributed by atoms with van der Waals surface area (Å²) in [6.45, 7) is 1.99. The summed E-state index contributed by atoms with van der Waals surface area (Å²) in [5.74, 6) is -1.18. The zero-order chi connectivity index (χ0) is 43.7. The molecule has 0 radical (unpaired) electrons. The predicted molar refractivity (Wildman–Crippen MR) is 235 cm³/mol. The summed E-state index contributed by atoms with van der Waals surface area (Å²) in [7, 11) is -4.68. The highest BCUT2D eigenvalue weighted by atomic mass is 31.2. The van der Waals surface area contributed by atoms with E-state index in [9.17, 15) is 34.4 Å². The molecule has 0 saturated carbocycles. The van der Waals surface area contributed by atoms with Crippen LogP contribution in [0.3, 0.4) is 0 Å². The molecule has 0 aromatic carbocycles. The van der Waals surface area contributed by atoms with Crippen molar-refractivity contribution >= 4 is 19.8 Å². The number of unbranched alkanes of at least 4 members (excludes halogenated alkanes) is 13. The lowest BCUT2D eigenvalue weighted by Gasteiger charge is -2.20. The van der Waals surface area contributed by atoms with Crippen LogP contribution in [0.15, 0.2) is 72.9 Å². The first kappa shape index (κ1) is 56.3. The van der Waals surface area contributed by atoms with Crippen LogP contribution >= 0.6 is 7.82 Å². The van der Waals surface area contributed by atoms with Crippen molar-refractivity contribution in [1.82, 2.24) is 0 Å². The lowest BCUT2D eigenvalue weighted by atomic mass is 10.1. The summed E-state index contributed by atoms with van der Waals surface area (Å²) in [6.07, 6.45) is 39.2. The second-order valence-corrected chi connectivity index (χ2v) is 16.2. The van der Waals surface area contributed by atoms with Gasteiger partial charge < -0.3 is 34.8 Å². The van der Waals surface area contributed by atoms with Crippen molar-refractivity contribution < 1.29 is 58.0 Å². The number of aliphatic hydroxyl groups is 4. The maximum atomic E-state index is 12.6. The average molecular weight is 855 g/mol. The highest BCUT2D eigenvalue weighted by molar-refractivity contribution is 7.47. The van der Waals surface area contributed by atoms with Gasteiger partial charge in [-0.3, -0.25) is 18.6 Å². The minimum absolute atomic E-state index is 0.0237. The molecule has 12 nitrogen and oxygen atoms in total. The van der Waals surface area contributed by atoms with E-state index in [1.165, 1.54) is 38.5 Å². The topological polar surface area (TPSA) is 189 Å². The monoisotopic (exact) mass is 855 g/mol. The lowest BCUT2D eigenvalue weighted by Crippen LogP contribution is -2.30. The predicted octanol–water partition coefficient (Wildman–Crippen LogP) is 9.61. The summed E-state index contributed by atoms with van der Waals surface area (Å²) >= 11 is 0. The van der Waals surface area contributed by atoms with Crippen LogP contribution < -0.4 is 0 Å². The van der Waals surface area contributed by atoms with Crippen molar-refractivity contribution in [2.75, 3.05) is 26.4 Å². The van der Waals surface area contributed by atoms with E-state index in [1.807, 2.05) is 6.08 Å². The van der Waals surface area contributed by atoms with Crippen molar-refractivity contribution in [2.24, 2.45) is 0 Å². The molecule has 13 heteroatoms. The number of aliphatic hydroxyl groups excluding tert-OH is 4. The van der Waals surface area contributed by atoms with Crippen LogP contribution in [0.25, 0.3) is 0 Å². The van der Waals surface area contributed by atoms with Crippen LogP contribution in [0.5, 0.6) is 0 Å². The van der Waals surface area contributed by atoms with E-state index >= 15 is 0 Å². The third kappa shape index (κ3) is 40.5. The van der Waals surface area contributed by atoms with Crippen LogP contribution in [0.1, 0.15) is 155 Å². The van der Waals surface area contributed by atoms with Crippen LogP contribution in [-0.2, 0) is 32.7 Å². The van der Waals surface area contributed by atoms with Gasteiger partial charge in [-0.05, 0) is 70.6 Å². The number of carbonyl (C=O) groups excluding carboxylic acids is 2. The van der Waals surface area contributed by atoms with Gasteiger partial charge in [-0.25, -0.2) is 4.57 Å². The van der Waals surface area contributed by atoms with Gasteiger partial charge in [0, 0.05) is 12.8 Å². The molecule has 0 amide bonds. The number of phosphoric acid groups is 1. The fraction of sp³-hybridized carbons (Fsp3) is 0.696. The van der Waals surface area contributed by atoms with Gasteiger partial charge in [-0.2, -0.15) is 0 Å². The number of ether oxygens (including phenoxy) is 2. The van der Waals surface area contributed by atoms with Crippen LogP contribution in [0.2, 0.25) is 0 Å². The highest BCUT2D eigenvalue weighted by Crippen LogP contribution is 2.43. The minimum Gasteiger partial charge on any atom is -0.462 e. The van der Waals surface area contributed by atoms with Crippen LogP contribution in [0, 0.1) is 0 Å². The fourth-order valence-corrected chi connectivity index (χ4v) is 6.30. The third-order valence-corrected chi connectivity index (χ3v) is 9.97. The molecule has 0 spiro atoms. The van der Waals surface area contributed by atoms with Crippen LogP contribution in [0.4, 0.5) is 0 Å². The van der Waals surface area contributed by atoms with E-state index in [2.05, 4.69) is 48.8 Å². The van der Waals surface area contributed by atoms with Gasteiger partial charge >= 0.3 is 19.8 Å². The van der Waals surface area contributed by atoms with Gasteiger partial charge in [0.1, 0.15) is 12.7 Å². The third-order valence-electron chi connectivity index (χ3n) is 9.02. The smallest absolute Gasteiger partial charge is 0.462 e. The maximum Gasteiger partial charge on any atom is 0.472 e. The maximum absolute atomic E-state index is 12.6. The second-order valence-electron chi connectivity index (χ2n) is 14.8.